The topological polar surface area (TPSA) is 55.1 Å². The molecule has 0 spiro atoms. The van der Waals surface area contributed by atoms with Crippen LogP contribution < -0.4 is 11.1 Å². The van der Waals surface area contributed by atoms with Gasteiger partial charge in [-0.2, -0.15) is 11.3 Å². The van der Waals surface area contributed by atoms with Crippen LogP contribution in [0, 0.1) is 5.92 Å². The summed E-state index contributed by atoms with van der Waals surface area (Å²) in [5.74, 6) is -0.386. The maximum atomic E-state index is 10.6. The highest BCUT2D eigenvalue weighted by Gasteiger charge is 2.07. The van der Waals surface area contributed by atoms with Gasteiger partial charge in [-0.15, -0.1) is 0 Å². The molecule has 0 aliphatic rings. The van der Waals surface area contributed by atoms with Gasteiger partial charge in [0.25, 0.3) is 0 Å². The van der Waals surface area contributed by atoms with Gasteiger partial charge >= 0.3 is 0 Å². The quantitative estimate of drug-likeness (QED) is 0.740. The van der Waals surface area contributed by atoms with Crippen molar-refractivity contribution < 1.29 is 4.79 Å². The molecule has 0 saturated carbocycles. The molecule has 0 saturated heterocycles. The minimum atomic E-state index is -0.266. The minimum Gasteiger partial charge on any atom is -0.384 e. The van der Waals surface area contributed by atoms with Crippen LogP contribution in [0.3, 0.4) is 0 Å². The maximum Gasteiger partial charge on any atom is 0.222 e. The summed E-state index contributed by atoms with van der Waals surface area (Å²) in [6, 6.07) is 1.97. The van der Waals surface area contributed by atoms with E-state index < -0.39 is 0 Å². The number of nitrogens with two attached hydrogens (primary N) is 1. The largest absolute Gasteiger partial charge is 0.384 e. The van der Waals surface area contributed by atoms with E-state index in [-0.39, 0.29) is 11.8 Å². The summed E-state index contributed by atoms with van der Waals surface area (Å²) < 4.78 is 0. The highest BCUT2D eigenvalue weighted by Crippen LogP contribution is 2.11. The molecule has 1 rings (SSSR count). The molecular weight excluding hydrogens is 172 g/mol. The van der Waals surface area contributed by atoms with Crippen LogP contribution in [0.4, 0.5) is 5.69 Å². The van der Waals surface area contributed by atoms with Crippen molar-refractivity contribution in [2.24, 2.45) is 11.7 Å². The Morgan fingerprint density at radius 1 is 1.83 bits per heavy atom. The van der Waals surface area contributed by atoms with Crippen LogP contribution >= 0.6 is 11.3 Å². The van der Waals surface area contributed by atoms with Crippen molar-refractivity contribution in [2.75, 3.05) is 11.9 Å². The zero-order valence-corrected chi connectivity index (χ0v) is 7.73. The summed E-state index contributed by atoms with van der Waals surface area (Å²) in [4.78, 5) is 10.6. The highest BCUT2D eigenvalue weighted by atomic mass is 32.1. The van der Waals surface area contributed by atoms with E-state index >= 15 is 0 Å². The van der Waals surface area contributed by atoms with E-state index in [1.54, 1.807) is 11.3 Å². The van der Waals surface area contributed by atoms with Crippen molar-refractivity contribution in [2.45, 2.75) is 6.92 Å². The molecule has 1 atom stereocenters. The molecule has 3 N–H and O–H groups in total. The number of rotatable bonds is 4. The second-order valence-corrected chi connectivity index (χ2v) is 3.48. The van der Waals surface area contributed by atoms with E-state index in [4.69, 9.17) is 5.73 Å². The average molecular weight is 184 g/mol. The Hall–Kier alpha value is -1.03. The fraction of sp³-hybridized carbons (Fsp3) is 0.375. The standard InChI is InChI=1S/C8H12N2OS/c1-6(8(9)11)4-10-7-2-3-12-5-7/h2-3,5-6,10H,4H2,1H3,(H2,9,11). The monoisotopic (exact) mass is 184 g/mol. The third kappa shape index (κ3) is 2.54. The van der Waals surface area contributed by atoms with Gasteiger partial charge in [0.05, 0.1) is 5.92 Å². The van der Waals surface area contributed by atoms with Gasteiger partial charge in [0.2, 0.25) is 5.91 Å². The third-order valence-electron chi connectivity index (χ3n) is 1.62. The van der Waals surface area contributed by atoms with Gasteiger partial charge in [-0.25, -0.2) is 0 Å². The molecule has 4 heteroatoms. The van der Waals surface area contributed by atoms with E-state index in [0.29, 0.717) is 6.54 Å². The Morgan fingerprint density at radius 2 is 2.58 bits per heavy atom. The number of carbonyl (C=O) groups is 1. The Morgan fingerprint density at radius 3 is 3.08 bits per heavy atom. The van der Waals surface area contributed by atoms with E-state index in [2.05, 4.69) is 5.32 Å². The van der Waals surface area contributed by atoms with E-state index in [9.17, 15) is 4.79 Å². The van der Waals surface area contributed by atoms with Gasteiger partial charge in [-0.3, -0.25) is 4.79 Å². The predicted octanol–water partition coefficient (Wildman–Crippen LogP) is 1.28. The van der Waals surface area contributed by atoms with Crippen molar-refractivity contribution >= 4 is 22.9 Å². The summed E-state index contributed by atoms with van der Waals surface area (Å²) in [6.07, 6.45) is 0. The smallest absolute Gasteiger partial charge is 0.222 e. The van der Waals surface area contributed by atoms with Gasteiger partial charge in [0.15, 0.2) is 0 Å². The lowest BCUT2D eigenvalue weighted by atomic mass is 10.2. The van der Waals surface area contributed by atoms with Gasteiger partial charge in [0.1, 0.15) is 0 Å². The van der Waals surface area contributed by atoms with Gasteiger partial charge < -0.3 is 11.1 Å². The summed E-state index contributed by atoms with van der Waals surface area (Å²) in [5, 5.41) is 7.09. The first kappa shape index (κ1) is 9.06. The maximum absolute atomic E-state index is 10.6. The fourth-order valence-corrected chi connectivity index (χ4v) is 1.35. The molecule has 66 valence electrons. The number of primary amides is 1. The molecule has 1 aromatic rings. The second kappa shape index (κ2) is 4.11. The Labute approximate surface area is 75.6 Å². The molecule has 1 aromatic heterocycles. The molecule has 0 radical (unpaired) electrons. The minimum absolute atomic E-state index is 0.120. The molecule has 3 nitrogen and oxygen atoms in total. The summed E-state index contributed by atoms with van der Waals surface area (Å²) in [6.45, 7) is 2.41. The first-order chi connectivity index (χ1) is 5.70. The Bertz CT molecular complexity index is 246. The number of nitrogens with one attached hydrogen (secondary N) is 1. The third-order valence-corrected chi connectivity index (χ3v) is 2.30. The first-order valence-electron chi connectivity index (χ1n) is 3.75. The van der Waals surface area contributed by atoms with E-state index in [1.807, 2.05) is 23.8 Å². The second-order valence-electron chi connectivity index (χ2n) is 2.70. The van der Waals surface area contributed by atoms with Crippen LogP contribution in [-0.4, -0.2) is 12.5 Å². The number of anilines is 1. The normalized spacial score (nSPS) is 12.4. The molecule has 0 fully saturated rings. The van der Waals surface area contributed by atoms with Crippen LogP contribution in [0.5, 0.6) is 0 Å². The number of amides is 1. The van der Waals surface area contributed by atoms with Crippen molar-refractivity contribution in [3.05, 3.63) is 16.8 Å². The summed E-state index contributed by atoms with van der Waals surface area (Å²) in [7, 11) is 0. The zero-order chi connectivity index (χ0) is 8.97. The fourth-order valence-electron chi connectivity index (χ4n) is 0.737. The van der Waals surface area contributed by atoms with Crippen LogP contribution in [0.2, 0.25) is 0 Å². The van der Waals surface area contributed by atoms with Crippen LogP contribution in [0.25, 0.3) is 0 Å². The molecule has 12 heavy (non-hydrogen) atoms. The van der Waals surface area contributed by atoms with Gasteiger partial charge in [-0.1, -0.05) is 6.92 Å². The number of carbonyl (C=O) groups excluding carboxylic acids is 1. The first-order valence-corrected chi connectivity index (χ1v) is 4.70. The lowest BCUT2D eigenvalue weighted by molar-refractivity contribution is -0.120. The number of hydrogen-bond donors (Lipinski definition) is 2. The molecule has 1 unspecified atom stereocenters. The molecular formula is C8H12N2OS. The van der Waals surface area contributed by atoms with Crippen LogP contribution in [0.1, 0.15) is 6.92 Å². The van der Waals surface area contributed by atoms with E-state index in [0.717, 1.165) is 5.69 Å². The lowest BCUT2D eigenvalue weighted by Gasteiger charge is -2.07. The van der Waals surface area contributed by atoms with Gasteiger partial charge in [0, 0.05) is 17.6 Å². The molecule has 0 aliphatic heterocycles. The summed E-state index contributed by atoms with van der Waals surface area (Å²) >= 11 is 1.62. The zero-order valence-electron chi connectivity index (χ0n) is 6.91. The molecule has 0 aliphatic carbocycles. The lowest BCUT2D eigenvalue weighted by Crippen LogP contribution is -2.26. The van der Waals surface area contributed by atoms with Crippen molar-refractivity contribution in [3.63, 3.8) is 0 Å². The van der Waals surface area contributed by atoms with Crippen LogP contribution in [-0.2, 0) is 4.79 Å². The average Bonchev–Trinajstić information content (AvgIpc) is 2.51. The number of thiophene rings is 1. The predicted molar refractivity (Wildman–Crippen MR) is 51.2 cm³/mol. The molecule has 0 bridgehead atoms. The summed E-state index contributed by atoms with van der Waals surface area (Å²) in [5.41, 5.74) is 6.15. The van der Waals surface area contributed by atoms with E-state index in [1.165, 1.54) is 0 Å². The SMILES string of the molecule is CC(CNc1ccsc1)C(N)=O. The van der Waals surface area contributed by atoms with Crippen LogP contribution in [0.15, 0.2) is 16.8 Å². The van der Waals surface area contributed by atoms with Crippen molar-refractivity contribution in [3.8, 4) is 0 Å². The number of hydrogen-bond acceptors (Lipinski definition) is 3. The molecule has 0 aromatic carbocycles. The Balaban J connectivity index is 2.31. The molecule has 1 amide bonds. The van der Waals surface area contributed by atoms with Crippen molar-refractivity contribution in [1.29, 1.82) is 0 Å². The molecule has 1 heterocycles. The highest BCUT2D eigenvalue weighted by molar-refractivity contribution is 7.08. The van der Waals surface area contributed by atoms with Crippen molar-refractivity contribution in [1.82, 2.24) is 0 Å². The Kier molecular flexibility index (Phi) is 3.10. The van der Waals surface area contributed by atoms with Gasteiger partial charge in [-0.05, 0) is 11.4 Å².